The van der Waals surface area contributed by atoms with Crippen LogP contribution in [-0.4, -0.2) is 24.3 Å². The molecule has 0 aromatic carbocycles. The molecule has 1 aliphatic carbocycles. The van der Waals surface area contributed by atoms with Gasteiger partial charge in [0.25, 0.3) is 0 Å². The van der Waals surface area contributed by atoms with E-state index in [0.717, 1.165) is 13.0 Å². The van der Waals surface area contributed by atoms with Crippen LogP contribution in [0.1, 0.15) is 52.4 Å². The molecule has 2 aliphatic rings. The minimum absolute atomic E-state index is 0.215. The fourth-order valence-electron chi connectivity index (χ4n) is 2.98. The van der Waals surface area contributed by atoms with E-state index in [9.17, 15) is 0 Å². The summed E-state index contributed by atoms with van der Waals surface area (Å²) in [5, 5.41) is 3.68. The lowest BCUT2D eigenvalue weighted by molar-refractivity contribution is -0.132. The fourth-order valence-corrected chi connectivity index (χ4v) is 2.98. The molecule has 1 saturated carbocycles. The quantitative estimate of drug-likeness (QED) is 0.734. The fraction of sp³-hybridized carbons (Fsp3) is 1.00. The predicted octanol–water partition coefficient (Wildman–Crippen LogP) is 2.48. The van der Waals surface area contributed by atoms with Crippen LogP contribution in [0, 0.1) is 0 Å². The van der Waals surface area contributed by atoms with Gasteiger partial charge in [0.1, 0.15) is 0 Å². The van der Waals surface area contributed by atoms with E-state index in [1.54, 1.807) is 0 Å². The van der Waals surface area contributed by atoms with Crippen molar-refractivity contribution in [1.82, 2.24) is 5.32 Å². The van der Waals surface area contributed by atoms with Crippen LogP contribution in [0.4, 0.5) is 0 Å². The summed E-state index contributed by atoms with van der Waals surface area (Å²) >= 11 is 0. The molecule has 2 rings (SSSR count). The molecular weight excluding hydrogens is 174 g/mol. The van der Waals surface area contributed by atoms with E-state index in [2.05, 4.69) is 19.2 Å². The Labute approximate surface area is 87.4 Å². The van der Waals surface area contributed by atoms with Gasteiger partial charge in [-0.25, -0.2) is 0 Å². The van der Waals surface area contributed by atoms with Crippen molar-refractivity contribution in [3.05, 3.63) is 0 Å². The van der Waals surface area contributed by atoms with Gasteiger partial charge in [-0.3, -0.25) is 0 Å². The van der Waals surface area contributed by atoms with Crippen molar-refractivity contribution in [2.24, 2.45) is 0 Å². The third kappa shape index (κ3) is 1.82. The van der Waals surface area contributed by atoms with E-state index in [-0.39, 0.29) is 5.60 Å². The summed E-state index contributed by atoms with van der Waals surface area (Å²) in [4.78, 5) is 0. The Morgan fingerprint density at radius 1 is 1.21 bits per heavy atom. The Morgan fingerprint density at radius 3 is 2.50 bits per heavy atom. The van der Waals surface area contributed by atoms with E-state index >= 15 is 0 Å². The molecule has 82 valence electrons. The first-order valence-electron chi connectivity index (χ1n) is 6.21. The van der Waals surface area contributed by atoms with E-state index < -0.39 is 0 Å². The summed E-state index contributed by atoms with van der Waals surface area (Å²) in [5.41, 5.74) is 0.215. The summed E-state index contributed by atoms with van der Waals surface area (Å²) in [6.45, 7) is 5.57. The van der Waals surface area contributed by atoms with Gasteiger partial charge < -0.3 is 10.1 Å². The van der Waals surface area contributed by atoms with Crippen LogP contribution in [0.3, 0.4) is 0 Å². The third-order valence-corrected chi connectivity index (χ3v) is 3.89. The lowest BCUT2D eigenvalue weighted by Crippen LogP contribution is -2.57. The van der Waals surface area contributed by atoms with Crippen molar-refractivity contribution in [3.8, 4) is 0 Å². The topological polar surface area (TPSA) is 21.3 Å². The molecule has 2 atom stereocenters. The number of nitrogens with one attached hydrogen (secondary N) is 1. The molecular formula is C12H23NO. The zero-order valence-corrected chi connectivity index (χ0v) is 9.51. The van der Waals surface area contributed by atoms with Crippen LogP contribution in [0.25, 0.3) is 0 Å². The molecule has 2 unspecified atom stereocenters. The monoisotopic (exact) mass is 197 g/mol. The van der Waals surface area contributed by atoms with Gasteiger partial charge in [0.05, 0.1) is 11.7 Å². The summed E-state index contributed by atoms with van der Waals surface area (Å²) in [6.07, 6.45) is 8.04. The second kappa shape index (κ2) is 4.19. The zero-order valence-electron chi connectivity index (χ0n) is 9.51. The van der Waals surface area contributed by atoms with Gasteiger partial charge in [0.2, 0.25) is 0 Å². The van der Waals surface area contributed by atoms with E-state index in [4.69, 9.17) is 4.74 Å². The first-order chi connectivity index (χ1) is 6.79. The van der Waals surface area contributed by atoms with Crippen molar-refractivity contribution < 1.29 is 4.74 Å². The largest absolute Gasteiger partial charge is 0.369 e. The van der Waals surface area contributed by atoms with Gasteiger partial charge in [-0.1, -0.05) is 26.7 Å². The Bertz CT molecular complexity index is 187. The highest BCUT2D eigenvalue weighted by molar-refractivity contribution is 4.96. The molecule has 1 heterocycles. The van der Waals surface area contributed by atoms with Crippen LogP contribution in [-0.2, 0) is 4.74 Å². The van der Waals surface area contributed by atoms with E-state index in [0.29, 0.717) is 12.1 Å². The van der Waals surface area contributed by atoms with Crippen LogP contribution in [0.15, 0.2) is 0 Å². The van der Waals surface area contributed by atoms with Crippen molar-refractivity contribution in [2.45, 2.75) is 70.1 Å². The smallest absolute Gasteiger partial charge is 0.0810 e. The Kier molecular flexibility index (Phi) is 3.13. The normalized spacial score (nSPS) is 36.4. The van der Waals surface area contributed by atoms with Gasteiger partial charge in [-0.2, -0.15) is 0 Å². The van der Waals surface area contributed by atoms with Crippen molar-refractivity contribution in [3.63, 3.8) is 0 Å². The van der Waals surface area contributed by atoms with E-state index in [1.807, 2.05) is 0 Å². The minimum atomic E-state index is 0.215. The zero-order chi connectivity index (χ0) is 10.0. The summed E-state index contributed by atoms with van der Waals surface area (Å²) in [5.74, 6) is 0. The lowest BCUT2D eigenvalue weighted by atomic mass is 9.94. The van der Waals surface area contributed by atoms with E-state index in [1.165, 1.54) is 32.1 Å². The van der Waals surface area contributed by atoms with Crippen molar-refractivity contribution >= 4 is 0 Å². The van der Waals surface area contributed by atoms with Gasteiger partial charge >= 0.3 is 0 Å². The molecule has 1 spiro atoms. The van der Waals surface area contributed by atoms with Gasteiger partial charge in [-0.05, 0) is 25.7 Å². The van der Waals surface area contributed by atoms with Crippen molar-refractivity contribution in [2.75, 3.05) is 6.54 Å². The maximum atomic E-state index is 6.33. The van der Waals surface area contributed by atoms with Gasteiger partial charge in [-0.15, -0.1) is 0 Å². The first-order valence-corrected chi connectivity index (χ1v) is 6.21. The van der Waals surface area contributed by atoms with Crippen LogP contribution < -0.4 is 5.32 Å². The third-order valence-electron chi connectivity index (χ3n) is 3.89. The number of hydrogen-bond donors (Lipinski definition) is 1. The summed E-state index contributed by atoms with van der Waals surface area (Å²) in [6, 6.07) is 0.589. The molecule has 0 bridgehead atoms. The molecule has 2 fully saturated rings. The summed E-state index contributed by atoms with van der Waals surface area (Å²) in [7, 11) is 0. The lowest BCUT2D eigenvalue weighted by Gasteiger charge is -2.43. The van der Waals surface area contributed by atoms with Crippen LogP contribution in [0.2, 0.25) is 0 Å². The molecule has 1 N–H and O–H groups in total. The molecule has 0 aromatic rings. The highest BCUT2D eigenvalue weighted by Gasteiger charge is 2.42. The van der Waals surface area contributed by atoms with Gasteiger partial charge in [0, 0.05) is 12.6 Å². The second-order valence-corrected chi connectivity index (χ2v) is 4.85. The average molecular weight is 197 g/mol. The SMILES string of the molecule is CCC1NCC2(CCCC2)OC1CC. The maximum Gasteiger partial charge on any atom is 0.0810 e. The molecule has 0 radical (unpaired) electrons. The summed E-state index contributed by atoms with van der Waals surface area (Å²) < 4.78 is 6.33. The molecule has 0 aromatic heterocycles. The van der Waals surface area contributed by atoms with Crippen LogP contribution >= 0.6 is 0 Å². The van der Waals surface area contributed by atoms with Crippen molar-refractivity contribution in [1.29, 1.82) is 0 Å². The maximum absolute atomic E-state index is 6.33. The number of rotatable bonds is 2. The second-order valence-electron chi connectivity index (χ2n) is 4.85. The predicted molar refractivity (Wildman–Crippen MR) is 58.4 cm³/mol. The molecule has 2 nitrogen and oxygen atoms in total. The molecule has 14 heavy (non-hydrogen) atoms. The first kappa shape index (κ1) is 10.4. The highest BCUT2D eigenvalue weighted by Crippen LogP contribution is 2.37. The Hall–Kier alpha value is -0.0800. The molecule has 2 heteroatoms. The number of morpholine rings is 1. The Balaban J connectivity index is 2.00. The Morgan fingerprint density at radius 2 is 1.93 bits per heavy atom. The standard InChI is InChI=1S/C12H23NO/c1-3-10-11(4-2)14-12(9-13-10)7-5-6-8-12/h10-11,13H,3-9H2,1-2H3. The molecule has 1 aliphatic heterocycles. The number of hydrogen-bond acceptors (Lipinski definition) is 2. The average Bonchev–Trinajstić information content (AvgIpc) is 2.66. The van der Waals surface area contributed by atoms with Crippen LogP contribution in [0.5, 0.6) is 0 Å². The minimum Gasteiger partial charge on any atom is -0.369 e. The highest BCUT2D eigenvalue weighted by atomic mass is 16.5. The van der Waals surface area contributed by atoms with Gasteiger partial charge in [0.15, 0.2) is 0 Å². The molecule has 0 amide bonds. The number of ether oxygens (including phenoxy) is 1. The molecule has 1 saturated heterocycles.